The van der Waals surface area contributed by atoms with Crippen LogP contribution in [-0.4, -0.2) is 42.1 Å². The molecule has 0 heterocycles. The lowest BCUT2D eigenvalue weighted by atomic mass is 9.62. The molecule has 0 aliphatic heterocycles. The zero-order chi connectivity index (χ0) is 25.2. The lowest BCUT2D eigenvalue weighted by Gasteiger charge is -2.56. The summed E-state index contributed by atoms with van der Waals surface area (Å²) < 4.78 is 23.7. The molecule has 0 spiro atoms. The highest BCUT2D eigenvalue weighted by Gasteiger charge is 2.64. The molecule has 0 amide bonds. The Bertz CT molecular complexity index is 1060. The maximum absolute atomic E-state index is 12.5. The summed E-state index contributed by atoms with van der Waals surface area (Å²) in [5.74, 6) is -0.907. The fourth-order valence-electron chi connectivity index (χ4n) is 4.63. The second kappa shape index (κ2) is 12.8. The highest BCUT2D eigenvalue weighted by molar-refractivity contribution is 5.70. The van der Waals surface area contributed by atoms with Gasteiger partial charge in [0.2, 0.25) is 0 Å². The Morgan fingerprint density at radius 2 is 1.28 bits per heavy atom. The monoisotopic (exact) mass is 490 g/mol. The van der Waals surface area contributed by atoms with Crippen LogP contribution in [-0.2, 0) is 43.6 Å². The molecule has 4 rings (SSSR count). The maximum Gasteiger partial charge on any atom is 0.306 e. The summed E-state index contributed by atoms with van der Waals surface area (Å²) in [7, 11) is 0. The molecule has 0 bridgehead atoms. The zero-order valence-electron chi connectivity index (χ0n) is 20.6. The summed E-state index contributed by atoms with van der Waals surface area (Å²) >= 11 is 0. The number of aliphatic hydroxyl groups is 1. The first kappa shape index (κ1) is 26.0. The Kier molecular flexibility index (Phi) is 9.25. The van der Waals surface area contributed by atoms with Crippen LogP contribution in [0.1, 0.15) is 30.0 Å². The topological polar surface area (TPSA) is 74.2 Å². The van der Waals surface area contributed by atoms with Gasteiger partial charge in [-0.15, -0.1) is 0 Å². The summed E-state index contributed by atoms with van der Waals surface area (Å²) in [6.07, 6.45) is -1.15. The third kappa shape index (κ3) is 6.59. The van der Waals surface area contributed by atoms with Gasteiger partial charge >= 0.3 is 5.97 Å². The van der Waals surface area contributed by atoms with E-state index in [1.54, 1.807) is 6.92 Å². The van der Waals surface area contributed by atoms with Gasteiger partial charge in [-0.1, -0.05) is 91.0 Å². The van der Waals surface area contributed by atoms with E-state index in [-0.39, 0.29) is 25.6 Å². The van der Waals surface area contributed by atoms with Crippen molar-refractivity contribution >= 4 is 5.97 Å². The van der Waals surface area contributed by atoms with E-state index in [9.17, 15) is 9.90 Å². The normalized spacial score (nSPS) is 23.1. The van der Waals surface area contributed by atoms with E-state index in [0.29, 0.717) is 19.8 Å². The standard InChI is InChI=1S/C30H34O6/c1-2-34-27(31)18-26-28(35-20-24-14-8-4-9-15-24)29(36-21-25-16-10-5-11-17-25)30(26,32)22-33-19-23-12-6-3-7-13-23/h3-17,26,28-29,32H,2,18-22H2,1H3/t26-,28+,29-,30-/m0/s1. The lowest BCUT2D eigenvalue weighted by Crippen LogP contribution is -2.73. The van der Waals surface area contributed by atoms with Crippen molar-refractivity contribution in [2.24, 2.45) is 5.92 Å². The summed E-state index contributed by atoms with van der Waals surface area (Å²) in [5, 5.41) is 11.8. The third-order valence-electron chi connectivity index (χ3n) is 6.52. The minimum atomic E-state index is -1.41. The van der Waals surface area contributed by atoms with Crippen molar-refractivity contribution in [3.8, 4) is 0 Å². The zero-order valence-corrected chi connectivity index (χ0v) is 20.6. The van der Waals surface area contributed by atoms with E-state index < -0.39 is 23.7 Å². The van der Waals surface area contributed by atoms with Gasteiger partial charge in [0.15, 0.2) is 0 Å². The number of hydrogen-bond acceptors (Lipinski definition) is 6. The van der Waals surface area contributed by atoms with Crippen molar-refractivity contribution < 1.29 is 28.8 Å². The fourth-order valence-corrected chi connectivity index (χ4v) is 4.63. The van der Waals surface area contributed by atoms with Crippen LogP contribution >= 0.6 is 0 Å². The lowest BCUT2D eigenvalue weighted by molar-refractivity contribution is -0.309. The quantitative estimate of drug-likeness (QED) is 0.351. The van der Waals surface area contributed by atoms with Gasteiger partial charge in [0.1, 0.15) is 11.7 Å². The van der Waals surface area contributed by atoms with Crippen LogP contribution < -0.4 is 0 Å². The predicted molar refractivity (Wildman–Crippen MR) is 136 cm³/mol. The molecule has 0 radical (unpaired) electrons. The minimum absolute atomic E-state index is 0.0105. The van der Waals surface area contributed by atoms with Gasteiger partial charge in [0, 0.05) is 5.92 Å². The van der Waals surface area contributed by atoms with E-state index in [0.717, 1.165) is 16.7 Å². The smallest absolute Gasteiger partial charge is 0.306 e. The Morgan fingerprint density at radius 3 is 1.81 bits per heavy atom. The second-order valence-electron chi connectivity index (χ2n) is 9.06. The van der Waals surface area contributed by atoms with E-state index in [4.69, 9.17) is 18.9 Å². The average molecular weight is 491 g/mol. The van der Waals surface area contributed by atoms with Gasteiger partial charge in [0.25, 0.3) is 0 Å². The summed E-state index contributed by atoms with van der Waals surface area (Å²) in [6.45, 7) is 3.05. The van der Waals surface area contributed by atoms with Crippen LogP contribution in [0.15, 0.2) is 91.0 Å². The van der Waals surface area contributed by atoms with Crippen LogP contribution in [0.4, 0.5) is 0 Å². The number of carbonyl (C=O) groups is 1. The fraction of sp³-hybridized carbons (Fsp3) is 0.367. The van der Waals surface area contributed by atoms with Crippen molar-refractivity contribution in [2.75, 3.05) is 13.2 Å². The molecule has 1 fully saturated rings. The van der Waals surface area contributed by atoms with Crippen molar-refractivity contribution in [2.45, 2.75) is 51.0 Å². The Balaban J connectivity index is 1.51. The van der Waals surface area contributed by atoms with Crippen molar-refractivity contribution in [1.82, 2.24) is 0 Å². The van der Waals surface area contributed by atoms with Crippen LogP contribution in [0.3, 0.4) is 0 Å². The number of benzene rings is 3. The second-order valence-corrected chi connectivity index (χ2v) is 9.06. The van der Waals surface area contributed by atoms with Crippen LogP contribution in [0.25, 0.3) is 0 Å². The predicted octanol–water partition coefficient (Wildman–Crippen LogP) is 4.69. The van der Waals surface area contributed by atoms with Gasteiger partial charge in [-0.25, -0.2) is 0 Å². The van der Waals surface area contributed by atoms with Crippen molar-refractivity contribution in [3.05, 3.63) is 108 Å². The maximum atomic E-state index is 12.5. The van der Waals surface area contributed by atoms with Crippen molar-refractivity contribution in [3.63, 3.8) is 0 Å². The van der Waals surface area contributed by atoms with E-state index in [1.165, 1.54) is 0 Å². The van der Waals surface area contributed by atoms with Gasteiger partial charge in [-0.3, -0.25) is 4.79 Å². The number of esters is 1. The number of ether oxygens (including phenoxy) is 4. The molecule has 0 aromatic heterocycles. The third-order valence-corrected chi connectivity index (χ3v) is 6.52. The Hall–Kier alpha value is -3.03. The Labute approximate surface area is 212 Å². The molecule has 1 N–H and O–H groups in total. The molecule has 36 heavy (non-hydrogen) atoms. The van der Waals surface area contributed by atoms with E-state index in [2.05, 4.69) is 0 Å². The highest BCUT2D eigenvalue weighted by Crippen LogP contribution is 2.46. The first-order chi connectivity index (χ1) is 17.6. The molecule has 6 heteroatoms. The first-order valence-corrected chi connectivity index (χ1v) is 12.4. The van der Waals surface area contributed by atoms with E-state index >= 15 is 0 Å². The first-order valence-electron chi connectivity index (χ1n) is 12.4. The summed E-state index contributed by atoms with van der Waals surface area (Å²) in [6, 6.07) is 29.4. The summed E-state index contributed by atoms with van der Waals surface area (Å²) in [4.78, 5) is 12.5. The number of hydrogen-bond donors (Lipinski definition) is 1. The molecule has 6 nitrogen and oxygen atoms in total. The van der Waals surface area contributed by atoms with Crippen LogP contribution in [0.5, 0.6) is 0 Å². The molecule has 0 saturated heterocycles. The number of rotatable bonds is 13. The SMILES string of the molecule is CCOC(=O)C[C@H]1[C@@H](OCc2ccccc2)[C@H](OCc2ccccc2)[C@]1(O)COCc1ccccc1. The minimum Gasteiger partial charge on any atom is -0.466 e. The van der Waals surface area contributed by atoms with Crippen molar-refractivity contribution in [1.29, 1.82) is 0 Å². The summed E-state index contributed by atoms with van der Waals surface area (Å²) in [5.41, 5.74) is 1.59. The number of carbonyl (C=O) groups excluding carboxylic acids is 1. The molecule has 1 aliphatic rings. The van der Waals surface area contributed by atoms with Gasteiger partial charge in [-0.2, -0.15) is 0 Å². The molecular weight excluding hydrogens is 456 g/mol. The molecule has 3 aromatic rings. The van der Waals surface area contributed by atoms with E-state index in [1.807, 2.05) is 91.0 Å². The average Bonchev–Trinajstić information content (AvgIpc) is 2.91. The van der Waals surface area contributed by atoms with Gasteiger partial charge < -0.3 is 24.1 Å². The molecule has 190 valence electrons. The molecule has 4 atom stereocenters. The van der Waals surface area contributed by atoms with Crippen LogP contribution in [0.2, 0.25) is 0 Å². The molecule has 1 aliphatic carbocycles. The largest absolute Gasteiger partial charge is 0.466 e. The van der Waals surface area contributed by atoms with Crippen LogP contribution in [0, 0.1) is 5.92 Å². The Morgan fingerprint density at radius 1 is 0.778 bits per heavy atom. The van der Waals surface area contributed by atoms with Gasteiger partial charge in [-0.05, 0) is 23.6 Å². The molecule has 0 unspecified atom stereocenters. The molecule has 3 aromatic carbocycles. The molecule has 1 saturated carbocycles. The van der Waals surface area contributed by atoms with Gasteiger partial charge in [0.05, 0.1) is 45.6 Å². The molecular formula is C30H34O6. The highest BCUT2D eigenvalue weighted by atomic mass is 16.6.